The van der Waals surface area contributed by atoms with Gasteiger partial charge in [0.05, 0.1) is 22.4 Å². The number of amides is 1. The third-order valence-electron chi connectivity index (χ3n) is 4.33. The minimum atomic E-state index is -3.37. The zero-order valence-electron chi connectivity index (χ0n) is 16.0. The number of hydrogen-bond donors (Lipinski definition) is 1. The van der Waals surface area contributed by atoms with Gasteiger partial charge < -0.3 is 9.73 Å². The first-order valence-electron chi connectivity index (χ1n) is 9.30. The fourth-order valence-corrected chi connectivity index (χ4v) is 4.12. The normalized spacial score (nSPS) is 11.4. The molecule has 1 aromatic heterocycles. The number of halogens is 2. The Morgan fingerprint density at radius 2 is 1.87 bits per heavy atom. The molecule has 0 saturated heterocycles. The summed E-state index contributed by atoms with van der Waals surface area (Å²) in [6.07, 6.45) is 1.88. The second kappa shape index (κ2) is 9.62. The summed E-state index contributed by atoms with van der Waals surface area (Å²) in [6.45, 7) is 0.225. The quantitative estimate of drug-likeness (QED) is 0.521. The summed E-state index contributed by atoms with van der Waals surface area (Å²) < 4.78 is 56.5. The van der Waals surface area contributed by atoms with Crippen LogP contribution in [0.2, 0.25) is 0 Å². The van der Waals surface area contributed by atoms with E-state index in [1.807, 2.05) is 0 Å². The van der Waals surface area contributed by atoms with Crippen LogP contribution in [-0.4, -0.2) is 31.6 Å². The summed E-state index contributed by atoms with van der Waals surface area (Å²) in [5, 5.41) is 2.66. The zero-order chi connectivity index (χ0) is 21.6. The van der Waals surface area contributed by atoms with Crippen LogP contribution in [0, 0.1) is 11.6 Å². The number of hydrogen-bond acceptors (Lipinski definition) is 5. The summed E-state index contributed by atoms with van der Waals surface area (Å²) >= 11 is 0. The number of aryl methyl sites for hydroxylation is 1. The first-order chi connectivity index (χ1) is 14.3. The average Bonchev–Trinajstić information content (AvgIpc) is 3.19. The highest BCUT2D eigenvalue weighted by molar-refractivity contribution is 7.91. The third-order valence-corrected chi connectivity index (χ3v) is 6.15. The second-order valence-electron chi connectivity index (χ2n) is 6.58. The molecule has 2 aromatic carbocycles. The Hall–Kier alpha value is -3.07. The van der Waals surface area contributed by atoms with Gasteiger partial charge in [0.1, 0.15) is 11.6 Å². The first-order valence-corrected chi connectivity index (χ1v) is 10.9. The van der Waals surface area contributed by atoms with Gasteiger partial charge in [0.15, 0.2) is 21.5 Å². The Morgan fingerprint density at radius 1 is 1.10 bits per heavy atom. The first kappa shape index (κ1) is 21.6. The highest BCUT2D eigenvalue weighted by Crippen LogP contribution is 2.24. The summed E-state index contributed by atoms with van der Waals surface area (Å²) in [6, 6.07) is 11.3. The van der Waals surface area contributed by atoms with Crippen molar-refractivity contribution in [1.82, 2.24) is 10.3 Å². The third kappa shape index (κ3) is 5.73. The topological polar surface area (TPSA) is 89.3 Å². The molecular weight excluding hydrogens is 414 g/mol. The number of aromatic nitrogens is 1. The molecule has 0 atom stereocenters. The Morgan fingerprint density at radius 3 is 2.60 bits per heavy atom. The molecule has 0 spiro atoms. The lowest BCUT2D eigenvalue weighted by Gasteiger charge is -2.06. The maximum atomic E-state index is 13.8. The highest BCUT2D eigenvalue weighted by atomic mass is 32.2. The van der Waals surface area contributed by atoms with Crippen molar-refractivity contribution in [3.8, 4) is 11.3 Å². The van der Waals surface area contributed by atoms with Crippen LogP contribution in [0.5, 0.6) is 0 Å². The van der Waals surface area contributed by atoms with Gasteiger partial charge in [-0.25, -0.2) is 22.2 Å². The largest absolute Gasteiger partial charge is 0.441 e. The lowest BCUT2D eigenvalue weighted by molar-refractivity contribution is -0.121. The predicted octanol–water partition coefficient (Wildman–Crippen LogP) is 3.53. The zero-order valence-corrected chi connectivity index (χ0v) is 16.8. The van der Waals surface area contributed by atoms with Crippen LogP contribution in [0.15, 0.2) is 64.0 Å². The van der Waals surface area contributed by atoms with Gasteiger partial charge >= 0.3 is 0 Å². The van der Waals surface area contributed by atoms with Gasteiger partial charge in [-0.3, -0.25) is 4.79 Å². The van der Waals surface area contributed by atoms with Crippen LogP contribution in [-0.2, 0) is 21.1 Å². The molecule has 1 heterocycles. The van der Waals surface area contributed by atoms with Gasteiger partial charge in [-0.15, -0.1) is 0 Å². The molecule has 9 heteroatoms. The van der Waals surface area contributed by atoms with Crippen molar-refractivity contribution in [2.75, 3.05) is 12.3 Å². The molecule has 158 valence electrons. The van der Waals surface area contributed by atoms with Gasteiger partial charge in [0.2, 0.25) is 5.91 Å². The van der Waals surface area contributed by atoms with E-state index >= 15 is 0 Å². The summed E-state index contributed by atoms with van der Waals surface area (Å²) in [4.78, 5) is 16.2. The van der Waals surface area contributed by atoms with Gasteiger partial charge in [-0.1, -0.05) is 18.2 Å². The summed E-state index contributed by atoms with van der Waals surface area (Å²) in [7, 11) is -3.37. The molecule has 0 bridgehead atoms. The van der Waals surface area contributed by atoms with Crippen LogP contribution < -0.4 is 5.32 Å². The molecule has 0 aliphatic carbocycles. The van der Waals surface area contributed by atoms with Crippen molar-refractivity contribution in [1.29, 1.82) is 0 Å². The van der Waals surface area contributed by atoms with Crippen LogP contribution in [0.25, 0.3) is 11.3 Å². The Kier molecular flexibility index (Phi) is 6.94. The summed E-state index contributed by atoms with van der Waals surface area (Å²) in [5.41, 5.74) is 0.0826. The van der Waals surface area contributed by atoms with Gasteiger partial charge in [0.25, 0.3) is 0 Å². The molecule has 0 aliphatic rings. The fourth-order valence-electron chi connectivity index (χ4n) is 2.78. The average molecular weight is 434 g/mol. The van der Waals surface area contributed by atoms with E-state index in [9.17, 15) is 22.0 Å². The molecule has 3 aromatic rings. The number of nitrogens with zero attached hydrogens (tertiary/aromatic N) is 1. The van der Waals surface area contributed by atoms with Crippen molar-refractivity contribution in [3.63, 3.8) is 0 Å². The van der Waals surface area contributed by atoms with Crippen molar-refractivity contribution in [2.24, 2.45) is 0 Å². The van der Waals surface area contributed by atoms with E-state index in [1.165, 1.54) is 24.4 Å². The number of carbonyl (C=O) groups excluding carboxylic acids is 1. The number of benzene rings is 2. The molecule has 1 amide bonds. The lowest BCUT2D eigenvalue weighted by Crippen LogP contribution is -2.26. The van der Waals surface area contributed by atoms with Crippen LogP contribution >= 0.6 is 0 Å². The van der Waals surface area contributed by atoms with Gasteiger partial charge in [-0.05, 0) is 30.7 Å². The van der Waals surface area contributed by atoms with Crippen LogP contribution in [0.1, 0.15) is 18.7 Å². The molecule has 1 N–H and O–H groups in total. The van der Waals surface area contributed by atoms with Crippen LogP contribution in [0.4, 0.5) is 8.78 Å². The van der Waals surface area contributed by atoms with E-state index in [0.29, 0.717) is 0 Å². The molecule has 3 rings (SSSR count). The highest BCUT2D eigenvalue weighted by Gasteiger charge is 2.15. The van der Waals surface area contributed by atoms with Crippen molar-refractivity contribution >= 4 is 15.7 Å². The number of rotatable bonds is 9. The van der Waals surface area contributed by atoms with Gasteiger partial charge in [-0.2, -0.15) is 0 Å². The molecule has 0 aliphatic heterocycles. The summed E-state index contributed by atoms with van der Waals surface area (Å²) in [5.74, 6) is -1.40. The smallest absolute Gasteiger partial charge is 0.220 e. The van der Waals surface area contributed by atoms with Crippen molar-refractivity contribution in [3.05, 3.63) is 72.3 Å². The molecule has 6 nitrogen and oxygen atoms in total. The van der Waals surface area contributed by atoms with E-state index in [2.05, 4.69) is 10.3 Å². The Bertz CT molecular complexity index is 1120. The molecule has 0 fully saturated rings. The minimum absolute atomic E-state index is 0.0658. The van der Waals surface area contributed by atoms with E-state index in [-0.39, 0.29) is 59.6 Å². The van der Waals surface area contributed by atoms with Crippen molar-refractivity contribution < 1.29 is 26.4 Å². The minimum Gasteiger partial charge on any atom is -0.441 e. The number of nitrogens with one attached hydrogen (secondary N) is 1. The molecular formula is C21H20F2N2O4S. The van der Waals surface area contributed by atoms with Gasteiger partial charge in [0, 0.05) is 25.5 Å². The molecule has 0 radical (unpaired) electrons. The number of sulfone groups is 1. The number of oxazole rings is 1. The predicted molar refractivity (Wildman–Crippen MR) is 106 cm³/mol. The standard InChI is InChI=1S/C21H20F2N2O4S/c22-15-7-8-17(18(23)13-15)19-14-25-21(29-19)10-9-20(26)24-11-4-12-30(27,28)16-5-2-1-3-6-16/h1-3,5-8,13-14H,4,9-12H2,(H,24,26). The Balaban J connectivity index is 1.43. The maximum absolute atomic E-state index is 13.8. The maximum Gasteiger partial charge on any atom is 0.220 e. The SMILES string of the molecule is O=C(CCc1ncc(-c2ccc(F)cc2F)o1)NCCCS(=O)(=O)c1ccccc1. The van der Waals surface area contributed by atoms with E-state index in [4.69, 9.17) is 4.42 Å². The fraction of sp³-hybridized carbons (Fsp3) is 0.238. The molecule has 0 saturated carbocycles. The van der Waals surface area contributed by atoms with E-state index in [0.717, 1.165) is 12.1 Å². The van der Waals surface area contributed by atoms with Crippen LogP contribution in [0.3, 0.4) is 0 Å². The van der Waals surface area contributed by atoms with Crippen molar-refractivity contribution in [2.45, 2.75) is 24.2 Å². The lowest BCUT2D eigenvalue weighted by atomic mass is 10.2. The molecule has 30 heavy (non-hydrogen) atoms. The van der Waals surface area contributed by atoms with E-state index < -0.39 is 21.5 Å². The molecule has 0 unspecified atom stereocenters. The Labute approximate surface area is 172 Å². The van der Waals surface area contributed by atoms with E-state index in [1.54, 1.807) is 18.2 Å². The second-order valence-corrected chi connectivity index (χ2v) is 8.69. The number of carbonyl (C=O) groups is 1. The monoisotopic (exact) mass is 434 g/mol.